The van der Waals surface area contributed by atoms with Crippen LogP contribution >= 0.6 is 0 Å². The van der Waals surface area contributed by atoms with E-state index in [4.69, 9.17) is 10.6 Å². The van der Waals surface area contributed by atoms with Gasteiger partial charge in [0.15, 0.2) is 0 Å². The second kappa shape index (κ2) is 8.38. The summed E-state index contributed by atoms with van der Waals surface area (Å²) in [5.74, 6) is 7.32. The lowest BCUT2D eigenvalue weighted by Gasteiger charge is -2.21. The number of hydrogen-bond donors (Lipinski definition) is 3. The van der Waals surface area contributed by atoms with Crippen LogP contribution in [0.3, 0.4) is 0 Å². The first-order valence-electron chi connectivity index (χ1n) is 6.84. The van der Waals surface area contributed by atoms with Crippen molar-refractivity contribution in [3.8, 4) is 0 Å². The van der Waals surface area contributed by atoms with Gasteiger partial charge in [-0.2, -0.15) is 0 Å². The topological polar surface area (TPSA) is 105 Å². The van der Waals surface area contributed by atoms with Gasteiger partial charge in [-0.25, -0.2) is 15.8 Å². The summed E-state index contributed by atoms with van der Waals surface area (Å²) in [7, 11) is 3.40. The fourth-order valence-corrected chi connectivity index (χ4v) is 1.86. The summed E-state index contributed by atoms with van der Waals surface area (Å²) in [5.41, 5.74) is 3.37. The van der Waals surface area contributed by atoms with Crippen molar-refractivity contribution < 1.29 is 9.53 Å². The molecule has 0 aliphatic carbocycles. The molecule has 0 spiro atoms. The number of carbonyl (C=O) groups excluding carboxylic acids is 1. The van der Waals surface area contributed by atoms with Crippen molar-refractivity contribution in [1.82, 2.24) is 15.3 Å². The van der Waals surface area contributed by atoms with E-state index >= 15 is 0 Å². The average molecular weight is 296 g/mol. The first-order chi connectivity index (χ1) is 10.0. The third-order valence-corrected chi connectivity index (χ3v) is 2.99. The Balaban J connectivity index is 2.81. The molecule has 1 amide bonds. The molecule has 0 unspecified atom stereocenters. The van der Waals surface area contributed by atoms with E-state index in [1.165, 1.54) is 0 Å². The molecule has 0 radical (unpaired) electrons. The number of likely N-dealkylation sites (N-methyl/N-ethyl adjacent to an activating group) is 1. The number of aryl methyl sites for hydroxylation is 1. The number of anilines is 2. The Morgan fingerprint density at radius 1 is 1.43 bits per heavy atom. The van der Waals surface area contributed by atoms with Gasteiger partial charge in [0.25, 0.3) is 0 Å². The summed E-state index contributed by atoms with van der Waals surface area (Å²) in [5, 5.41) is 2.77. The van der Waals surface area contributed by atoms with Gasteiger partial charge in [-0.3, -0.25) is 4.79 Å². The summed E-state index contributed by atoms with van der Waals surface area (Å²) < 4.78 is 4.89. The highest BCUT2D eigenvalue weighted by molar-refractivity contribution is 5.81. The molecule has 0 aliphatic rings. The second-order valence-corrected chi connectivity index (χ2v) is 4.63. The lowest BCUT2D eigenvalue weighted by molar-refractivity contribution is -0.119. The summed E-state index contributed by atoms with van der Waals surface area (Å²) in [6, 6.07) is 0. The number of hydrazine groups is 1. The van der Waals surface area contributed by atoms with Crippen LogP contribution in [-0.2, 0) is 16.0 Å². The molecule has 0 saturated carbocycles. The van der Waals surface area contributed by atoms with E-state index in [0.29, 0.717) is 37.0 Å². The number of methoxy groups -OCH3 is 1. The lowest BCUT2D eigenvalue weighted by atomic mass is 10.2. The molecule has 0 aliphatic heterocycles. The molecule has 0 aromatic carbocycles. The van der Waals surface area contributed by atoms with E-state index in [9.17, 15) is 4.79 Å². The van der Waals surface area contributed by atoms with Gasteiger partial charge in [0.2, 0.25) is 5.91 Å². The lowest BCUT2D eigenvalue weighted by Crippen LogP contribution is -2.37. The van der Waals surface area contributed by atoms with Crippen molar-refractivity contribution in [1.29, 1.82) is 0 Å². The number of ether oxygens (including phenoxy) is 1. The fraction of sp³-hybridized carbons (Fsp3) is 0.615. The van der Waals surface area contributed by atoms with Gasteiger partial charge in [-0.15, -0.1) is 0 Å². The molecule has 118 valence electrons. The molecule has 1 heterocycles. The summed E-state index contributed by atoms with van der Waals surface area (Å²) in [4.78, 5) is 22.4. The Hall–Kier alpha value is -1.93. The fourth-order valence-electron chi connectivity index (χ4n) is 1.86. The molecule has 21 heavy (non-hydrogen) atoms. The number of nitrogen functional groups attached to an aromatic ring is 1. The van der Waals surface area contributed by atoms with E-state index in [2.05, 4.69) is 20.7 Å². The smallest absolute Gasteiger partial charge is 0.239 e. The van der Waals surface area contributed by atoms with Crippen LogP contribution < -0.4 is 21.5 Å². The van der Waals surface area contributed by atoms with Crippen molar-refractivity contribution in [3.63, 3.8) is 0 Å². The van der Waals surface area contributed by atoms with Crippen LogP contribution in [0.4, 0.5) is 11.6 Å². The van der Waals surface area contributed by atoms with Crippen molar-refractivity contribution in [2.75, 3.05) is 44.2 Å². The Morgan fingerprint density at radius 3 is 2.71 bits per heavy atom. The number of amides is 1. The first kappa shape index (κ1) is 17.1. The Morgan fingerprint density at radius 2 is 2.14 bits per heavy atom. The quantitative estimate of drug-likeness (QED) is 0.347. The Labute approximate surface area is 125 Å². The van der Waals surface area contributed by atoms with Crippen LogP contribution in [0.15, 0.2) is 0 Å². The van der Waals surface area contributed by atoms with Gasteiger partial charge in [0.05, 0.1) is 13.2 Å². The van der Waals surface area contributed by atoms with E-state index < -0.39 is 0 Å². The number of carbonyl (C=O) groups is 1. The zero-order chi connectivity index (χ0) is 15.8. The zero-order valence-corrected chi connectivity index (χ0v) is 13.1. The highest BCUT2D eigenvalue weighted by Crippen LogP contribution is 2.22. The number of nitrogens with zero attached hydrogens (tertiary/aromatic N) is 3. The third kappa shape index (κ3) is 4.83. The number of rotatable bonds is 8. The standard InChI is InChI=1S/C13H24N6O2/c1-5-10-16-12(18-14)9(2)13(17-10)19(3)8-11(20)15-6-7-21-4/h5-8,14H2,1-4H3,(H,15,20)(H,16,17,18). The highest BCUT2D eigenvalue weighted by atomic mass is 16.5. The third-order valence-electron chi connectivity index (χ3n) is 2.99. The maximum atomic E-state index is 11.8. The molecule has 4 N–H and O–H groups in total. The number of aromatic nitrogens is 2. The van der Waals surface area contributed by atoms with Gasteiger partial charge in [0, 0.05) is 32.7 Å². The predicted molar refractivity (Wildman–Crippen MR) is 82.1 cm³/mol. The van der Waals surface area contributed by atoms with Gasteiger partial charge < -0.3 is 20.4 Å². The molecule has 1 aromatic rings. The van der Waals surface area contributed by atoms with Gasteiger partial charge in [-0.05, 0) is 6.92 Å². The predicted octanol–water partition coefficient (Wildman–Crippen LogP) is -0.168. The zero-order valence-electron chi connectivity index (χ0n) is 13.1. The monoisotopic (exact) mass is 296 g/mol. The van der Waals surface area contributed by atoms with E-state index in [-0.39, 0.29) is 12.5 Å². The second-order valence-electron chi connectivity index (χ2n) is 4.63. The van der Waals surface area contributed by atoms with E-state index in [1.54, 1.807) is 12.0 Å². The minimum atomic E-state index is -0.0899. The van der Waals surface area contributed by atoms with Gasteiger partial charge in [-0.1, -0.05) is 6.92 Å². The summed E-state index contributed by atoms with van der Waals surface area (Å²) in [6.45, 7) is 5.01. The van der Waals surface area contributed by atoms with Crippen molar-refractivity contribution in [2.24, 2.45) is 5.84 Å². The van der Waals surface area contributed by atoms with Gasteiger partial charge >= 0.3 is 0 Å². The summed E-state index contributed by atoms with van der Waals surface area (Å²) in [6.07, 6.45) is 0.690. The van der Waals surface area contributed by atoms with Crippen LogP contribution in [0.2, 0.25) is 0 Å². The minimum Gasteiger partial charge on any atom is -0.383 e. The average Bonchev–Trinajstić information content (AvgIpc) is 2.47. The molecule has 0 bridgehead atoms. The van der Waals surface area contributed by atoms with Crippen LogP contribution in [0.5, 0.6) is 0 Å². The molecule has 8 heteroatoms. The maximum Gasteiger partial charge on any atom is 0.239 e. The maximum absolute atomic E-state index is 11.8. The Kier molecular flexibility index (Phi) is 6.83. The van der Waals surface area contributed by atoms with Crippen LogP contribution in [0.1, 0.15) is 18.3 Å². The van der Waals surface area contributed by atoms with Crippen molar-refractivity contribution >= 4 is 17.5 Å². The highest BCUT2D eigenvalue weighted by Gasteiger charge is 2.15. The minimum absolute atomic E-state index is 0.0899. The molecule has 0 atom stereocenters. The largest absolute Gasteiger partial charge is 0.383 e. The molecule has 1 rings (SSSR count). The molecular formula is C13H24N6O2. The SMILES string of the molecule is CCc1nc(NN)c(C)c(N(C)CC(=O)NCCOC)n1. The summed E-state index contributed by atoms with van der Waals surface area (Å²) >= 11 is 0. The molecule has 0 fully saturated rings. The van der Waals surface area contributed by atoms with Crippen LogP contribution in [-0.4, -0.2) is 49.7 Å². The van der Waals surface area contributed by atoms with Crippen molar-refractivity contribution in [3.05, 3.63) is 11.4 Å². The molecule has 1 aromatic heterocycles. The number of nitrogens with one attached hydrogen (secondary N) is 2. The van der Waals surface area contributed by atoms with Gasteiger partial charge in [0.1, 0.15) is 17.5 Å². The van der Waals surface area contributed by atoms with E-state index in [0.717, 1.165) is 5.56 Å². The molecule has 0 saturated heterocycles. The van der Waals surface area contributed by atoms with Crippen LogP contribution in [0.25, 0.3) is 0 Å². The Bertz CT molecular complexity index is 480. The normalized spacial score (nSPS) is 10.3. The van der Waals surface area contributed by atoms with Crippen molar-refractivity contribution in [2.45, 2.75) is 20.3 Å². The van der Waals surface area contributed by atoms with Crippen LogP contribution in [0, 0.1) is 6.92 Å². The number of hydrogen-bond acceptors (Lipinski definition) is 7. The van der Waals surface area contributed by atoms with E-state index in [1.807, 2.05) is 20.9 Å². The number of nitrogens with two attached hydrogens (primary N) is 1. The molecular weight excluding hydrogens is 272 g/mol. The first-order valence-corrected chi connectivity index (χ1v) is 6.84. The molecule has 8 nitrogen and oxygen atoms in total.